The SMILES string of the molecule is CC(C(=O)NCCCN)N1CCCCCC1. The van der Waals surface area contributed by atoms with Crippen molar-refractivity contribution < 1.29 is 4.79 Å². The Morgan fingerprint density at radius 1 is 1.31 bits per heavy atom. The van der Waals surface area contributed by atoms with Crippen molar-refractivity contribution in [2.75, 3.05) is 26.2 Å². The number of carbonyl (C=O) groups is 1. The van der Waals surface area contributed by atoms with Gasteiger partial charge >= 0.3 is 0 Å². The Bertz CT molecular complexity index is 200. The van der Waals surface area contributed by atoms with E-state index in [0.29, 0.717) is 13.1 Å². The summed E-state index contributed by atoms with van der Waals surface area (Å²) in [5, 5.41) is 2.94. The minimum absolute atomic E-state index is 0.0101. The zero-order chi connectivity index (χ0) is 11.8. The van der Waals surface area contributed by atoms with Crippen LogP contribution in [0, 0.1) is 0 Å². The van der Waals surface area contributed by atoms with Gasteiger partial charge in [-0.05, 0) is 45.8 Å². The van der Waals surface area contributed by atoms with Crippen molar-refractivity contribution in [3.63, 3.8) is 0 Å². The molecule has 94 valence electrons. The summed E-state index contributed by atoms with van der Waals surface area (Å²) in [6.45, 7) is 5.46. The molecule has 3 N–H and O–H groups in total. The summed E-state index contributed by atoms with van der Waals surface area (Å²) in [5.41, 5.74) is 5.39. The smallest absolute Gasteiger partial charge is 0.237 e. The number of carbonyl (C=O) groups excluding carboxylic acids is 1. The molecule has 0 spiro atoms. The third-order valence-electron chi connectivity index (χ3n) is 3.25. The second-order valence-corrected chi connectivity index (χ2v) is 4.56. The molecule has 1 heterocycles. The van der Waals surface area contributed by atoms with Gasteiger partial charge in [0.15, 0.2) is 0 Å². The molecule has 1 atom stereocenters. The monoisotopic (exact) mass is 227 g/mol. The molecule has 4 nitrogen and oxygen atoms in total. The van der Waals surface area contributed by atoms with Crippen LogP contribution in [-0.2, 0) is 4.79 Å². The lowest BCUT2D eigenvalue weighted by Gasteiger charge is -2.26. The van der Waals surface area contributed by atoms with Crippen LogP contribution in [0.4, 0.5) is 0 Å². The number of nitrogens with one attached hydrogen (secondary N) is 1. The Kier molecular flexibility index (Phi) is 6.42. The van der Waals surface area contributed by atoms with Crippen LogP contribution in [0.3, 0.4) is 0 Å². The minimum Gasteiger partial charge on any atom is -0.355 e. The first-order valence-corrected chi connectivity index (χ1v) is 6.47. The summed E-state index contributed by atoms with van der Waals surface area (Å²) < 4.78 is 0. The number of hydrogen-bond acceptors (Lipinski definition) is 3. The first-order chi connectivity index (χ1) is 7.75. The van der Waals surface area contributed by atoms with Crippen LogP contribution >= 0.6 is 0 Å². The molecule has 4 heteroatoms. The molecule has 1 aliphatic rings. The van der Waals surface area contributed by atoms with Gasteiger partial charge in [0.25, 0.3) is 0 Å². The third-order valence-corrected chi connectivity index (χ3v) is 3.25. The fourth-order valence-electron chi connectivity index (χ4n) is 2.11. The Balaban J connectivity index is 2.30. The molecule has 0 saturated carbocycles. The molecule has 0 aromatic heterocycles. The number of amides is 1. The highest BCUT2D eigenvalue weighted by Crippen LogP contribution is 2.12. The molecule has 1 fully saturated rings. The van der Waals surface area contributed by atoms with E-state index in [2.05, 4.69) is 10.2 Å². The van der Waals surface area contributed by atoms with Gasteiger partial charge in [0.2, 0.25) is 5.91 Å². The maximum absolute atomic E-state index is 11.8. The summed E-state index contributed by atoms with van der Waals surface area (Å²) >= 11 is 0. The standard InChI is InChI=1S/C12H25N3O/c1-11(12(16)14-8-6-7-13)15-9-4-2-3-5-10-15/h11H,2-10,13H2,1H3,(H,14,16). The molecule has 1 saturated heterocycles. The lowest BCUT2D eigenvalue weighted by Crippen LogP contribution is -2.45. The number of hydrogen-bond donors (Lipinski definition) is 2. The van der Waals surface area contributed by atoms with Gasteiger partial charge in [-0.15, -0.1) is 0 Å². The number of nitrogens with two attached hydrogens (primary N) is 1. The van der Waals surface area contributed by atoms with E-state index in [1.807, 2.05) is 6.92 Å². The molecule has 0 aromatic rings. The predicted molar refractivity (Wildman–Crippen MR) is 66.2 cm³/mol. The first kappa shape index (κ1) is 13.5. The van der Waals surface area contributed by atoms with Gasteiger partial charge in [-0.1, -0.05) is 12.8 Å². The largest absolute Gasteiger partial charge is 0.355 e. The Hall–Kier alpha value is -0.610. The Morgan fingerprint density at radius 2 is 1.94 bits per heavy atom. The highest BCUT2D eigenvalue weighted by molar-refractivity contribution is 5.81. The van der Waals surface area contributed by atoms with Crippen LogP contribution in [0.25, 0.3) is 0 Å². The second-order valence-electron chi connectivity index (χ2n) is 4.56. The Morgan fingerprint density at radius 3 is 2.50 bits per heavy atom. The minimum atomic E-state index is 0.0101. The molecule has 0 bridgehead atoms. The number of nitrogens with zero attached hydrogens (tertiary/aromatic N) is 1. The normalized spacial score (nSPS) is 20.1. The van der Waals surface area contributed by atoms with Crippen LogP contribution in [0.2, 0.25) is 0 Å². The highest BCUT2D eigenvalue weighted by Gasteiger charge is 2.21. The van der Waals surface area contributed by atoms with Gasteiger partial charge < -0.3 is 11.1 Å². The van der Waals surface area contributed by atoms with Crippen molar-refractivity contribution >= 4 is 5.91 Å². The van der Waals surface area contributed by atoms with Crippen molar-refractivity contribution in [3.8, 4) is 0 Å². The fourth-order valence-corrected chi connectivity index (χ4v) is 2.11. The molecule has 1 aliphatic heterocycles. The van der Waals surface area contributed by atoms with Crippen LogP contribution in [0.5, 0.6) is 0 Å². The molecule has 1 amide bonds. The summed E-state index contributed by atoms with van der Waals surface area (Å²) in [6, 6.07) is 0.0101. The second kappa shape index (κ2) is 7.63. The summed E-state index contributed by atoms with van der Waals surface area (Å²) in [7, 11) is 0. The number of likely N-dealkylation sites (tertiary alicyclic amines) is 1. The maximum Gasteiger partial charge on any atom is 0.237 e. The molecule has 1 rings (SSSR count). The summed E-state index contributed by atoms with van der Waals surface area (Å²) in [5.74, 6) is 0.148. The summed E-state index contributed by atoms with van der Waals surface area (Å²) in [6.07, 6.45) is 5.91. The average Bonchev–Trinajstić information content (AvgIpc) is 2.56. The molecular weight excluding hydrogens is 202 g/mol. The topological polar surface area (TPSA) is 58.4 Å². The molecule has 16 heavy (non-hydrogen) atoms. The van der Waals surface area contributed by atoms with Crippen LogP contribution < -0.4 is 11.1 Å². The van der Waals surface area contributed by atoms with E-state index in [4.69, 9.17) is 5.73 Å². The van der Waals surface area contributed by atoms with Crippen molar-refractivity contribution in [1.82, 2.24) is 10.2 Å². The van der Waals surface area contributed by atoms with Crippen molar-refractivity contribution in [1.29, 1.82) is 0 Å². The molecule has 0 aliphatic carbocycles. The average molecular weight is 227 g/mol. The van der Waals surface area contributed by atoms with Gasteiger partial charge in [-0.3, -0.25) is 9.69 Å². The van der Waals surface area contributed by atoms with Crippen LogP contribution in [-0.4, -0.2) is 43.0 Å². The van der Waals surface area contributed by atoms with Gasteiger partial charge in [0, 0.05) is 6.54 Å². The fraction of sp³-hybridized carbons (Fsp3) is 0.917. The third kappa shape index (κ3) is 4.49. The van der Waals surface area contributed by atoms with Crippen molar-refractivity contribution in [2.45, 2.75) is 45.1 Å². The lowest BCUT2D eigenvalue weighted by molar-refractivity contribution is -0.125. The van der Waals surface area contributed by atoms with Gasteiger partial charge in [0.1, 0.15) is 0 Å². The molecule has 0 aromatic carbocycles. The van der Waals surface area contributed by atoms with E-state index in [1.165, 1.54) is 25.7 Å². The number of rotatable bonds is 5. The maximum atomic E-state index is 11.8. The quantitative estimate of drug-likeness (QED) is 0.680. The first-order valence-electron chi connectivity index (χ1n) is 6.47. The van der Waals surface area contributed by atoms with E-state index < -0.39 is 0 Å². The van der Waals surface area contributed by atoms with Gasteiger partial charge in [0.05, 0.1) is 6.04 Å². The van der Waals surface area contributed by atoms with Crippen LogP contribution in [0.15, 0.2) is 0 Å². The van der Waals surface area contributed by atoms with Gasteiger partial charge in [-0.2, -0.15) is 0 Å². The zero-order valence-electron chi connectivity index (χ0n) is 10.4. The molecular formula is C12H25N3O. The van der Waals surface area contributed by atoms with Crippen molar-refractivity contribution in [2.24, 2.45) is 5.73 Å². The highest BCUT2D eigenvalue weighted by atomic mass is 16.2. The van der Waals surface area contributed by atoms with E-state index >= 15 is 0 Å². The van der Waals surface area contributed by atoms with E-state index in [-0.39, 0.29) is 11.9 Å². The zero-order valence-corrected chi connectivity index (χ0v) is 10.4. The molecule has 0 radical (unpaired) electrons. The van der Waals surface area contributed by atoms with E-state index in [9.17, 15) is 4.79 Å². The Labute approximate surface area is 98.6 Å². The van der Waals surface area contributed by atoms with Crippen LogP contribution in [0.1, 0.15) is 39.0 Å². The lowest BCUT2D eigenvalue weighted by atomic mass is 10.2. The summed E-state index contributed by atoms with van der Waals surface area (Å²) in [4.78, 5) is 14.1. The van der Waals surface area contributed by atoms with Gasteiger partial charge in [-0.25, -0.2) is 0 Å². The molecule has 1 unspecified atom stereocenters. The predicted octanol–water partition coefficient (Wildman–Crippen LogP) is 0.716. The van der Waals surface area contributed by atoms with E-state index in [1.54, 1.807) is 0 Å². The van der Waals surface area contributed by atoms with E-state index in [0.717, 1.165) is 19.5 Å². The van der Waals surface area contributed by atoms with Crippen molar-refractivity contribution in [3.05, 3.63) is 0 Å².